The number of nitrogens with zero attached hydrogens (tertiary/aromatic N) is 2. The Labute approximate surface area is 129 Å². The molecule has 1 saturated heterocycles. The summed E-state index contributed by atoms with van der Waals surface area (Å²) in [5, 5.41) is 3.59. The molecule has 0 amide bonds. The van der Waals surface area contributed by atoms with Gasteiger partial charge < -0.3 is 15.0 Å². The summed E-state index contributed by atoms with van der Waals surface area (Å²) in [5.74, 6) is 1.11. The van der Waals surface area contributed by atoms with Crippen LogP contribution in [0.1, 0.15) is 31.7 Å². The summed E-state index contributed by atoms with van der Waals surface area (Å²) < 4.78 is 6.78. The molecule has 110 valence electrons. The quantitative estimate of drug-likeness (QED) is 0.915. The predicted molar refractivity (Wildman–Crippen MR) is 84.0 cm³/mol. The van der Waals surface area contributed by atoms with Crippen molar-refractivity contribution in [3.05, 3.63) is 22.3 Å². The second kappa shape index (κ2) is 6.41. The van der Waals surface area contributed by atoms with E-state index in [2.05, 4.69) is 44.1 Å². The fourth-order valence-electron chi connectivity index (χ4n) is 2.62. The molecule has 1 aromatic rings. The zero-order chi connectivity index (χ0) is 13.9. The second-order valence-electron chi connectivity index (χ2n) is 5.77. The van der Waals surface area contributed by atoms with Gasteiger partial charge in [-0.25, -0.2) is 4.98 Å². The Hall–Kier alpha value is -0.650. The molecule has 5 heteroatoms. The summed E-state index contributed by atoms with van der Waals surface area (Å²) in [6, 6.07) is 2.90. The summed E-state index contributed by atoms with van der Waals surface area (Å²) in [6.07, 6.45) is 5.85. The van der Waals surface area contributed by atoms with Crippen molar-refractivity contribution >= 4 is 21.7 Å². The zero-order valence-corrected chi connectivity index (χ0v) is 13.5. The number of ether oxygens (including phenoxy) is 1. The third-order valence-electron chi connectivity index (χ3n) is 3.82. The number of halogens is 1. The molecular weight excluding hydrogens is 318 g/mol. The number of aromatic nitrogens is 1. The highest BCUT2D eigenvalue weighted by molar-refractivity contribution is 9.10. The van der Waals surface area contributed by atoms with Crippen molar-refractivity contribution in [1.29, 1.82) is 0 Å². The first-order valence-electron chi connectivity index (χ1n) is 7.47. The van der Waals surface area contributed by atoms with Gasteiger partial charge in [0.25, 0.3) is 0 Å². The van der Waals surface area contributed by atoms with E-state index in [0.29, 0.717) is 6.04 Å². The number of hydrogen-bond donors (Lipinski definition) is 1. The fraction of sp³-hybridized carbons (Fsp3) is 0.667. The number of nitrogens with one attached hydrogen (secondary N) is 1. The van der Waals surface area contributed by atoms with E-state index in [1.54, 1.807) is 0 Å². The lowest BCUT2D eigenvalue weighted by molar-refractivity contribution is 0.0820. The van der Waals surface area contributed by atoms with E-state index >= 15 is 0 Å². The molecule has 4 nitrogen and oxygen atoms in total. The van der Waals surface area contributed by atoms with E-state index in [1.807, 2.05) is 6.20 Å². The zero-order valence-electron chi connectivity index (χ0n) is 11.9. The average Bonchev–Trinajstić information content (AvgIpc) is 3.24. The SMILES string of the molecule is CC1CN(c2ncc(Br)cc2CNC2CC2)CCCO1. The van der Waals surface area contributed by atoms with Crippen molar-refractivity contribution in [2.75, 3.05) is 24.6 Å². The van der Waals surface area contributed by atoms with E-state index < -0.39 is 0 Å². The Morgan fingerprint density at radius 2 is 2.35 bits per heavy atom. The van der Waals surface area contributed by atoms with Crippen LogP contribution in [0.5, 0.6) is 0 Å². The first-order chi connectivity index (χ1) is 9.72. The highest BCUT2D eigenvalue weighted by Gasteiger charge is 2.23. The first kappa shape index (κ1) is 14.3. The number of pyridine rings is 1. The van der Waals surface area contributed by atoms with Gasteiger partial charge in [-0.3, -0.25) is 0 Å². The summed E-state index contributed by atoms with van der Waals surface area (Å²) in [5.41, 5.74) is 1.28. The smallest absolute Gasteiger partial charge is 0.133 e. The Morgan fingerprint density at radius 1 is 1.50 bits per heavy atom. The van der Waals surface area contributed by atoms with Crippen LogP contribution in [-0.4, -0.2) is 36.8 Å². The van der Waals surface area contributed by atoms with E-state index in [1.165, 1.54) is 18.4 Å². The molecule has 2 aliphatic rings. The predicted octanol–water partition coefficient (Wildman–Crippen LogP) is 2.71. The molecule has 2 heterocycles. The molecule has 2 fully saturated rings. The van der Waals surface area contributed by atoms with Crippen LogP contribution < -0.4 is 10.2 Å². The van der Waals surface area contributed by atoms with Gasteiger partial charge in [-0.05, 0) is 48.2 Å². The van der Waals surface area contributed by atoms with Crippen LogP contribution in [-0.2, 0) is 11.3 Å². The summed E-state index contributed by atoms with van der Waals surface area (Å²) >= 11 is 3.54. The van der Waals surface area contributed by atoms with Crippen LogP contribution >= 0.6 is 15.9 Å². The number of anilines is 1. The molecule has 20 heavy (non-hydrogen) atoms. The molecule has 0 spiro atoms. The molecule has 3 rings (SSSR count). The van der Waals surface area contributed by atoms with Gasteiger partial charge in [0.05, 0.1) is 6.10 Å². The third kappa shape index (κ3) is 3.71. The maximum Gasteiger partial charge on any atom is 0.133 e. The fourth-order valence-corrected chi connectivity index (χ4v) is 3.00. The van der Waals surface area contributed by atoms with Crippen LogP contribution in [0.15, 0.2) is 16.7 Å². The lowest BCUT2D eigenvalue weighted by atomic mass is 10.2. The van der Waals surface area contributed by atoms with E-state index in [4.69, 9.17) is 4.74 Å². The Kier molecular flexibility index (Phi) is 4.58. The monoisotopic (exact) mass is 339 g/mol. The van der Waals surface area contributed by atoms with E-state index in [-0.39, 0.29) is 6.10 Å². The summed E-state index contributed by atoms with van der Waals surface area (Å²) in [6.45, 7) is 5.84. The molecule has 1 saturated carbocycles. The van der Waals surface area contributed by atoms with Gasteiger partial charge in [0.2, 0.25) is 0 Å². The highest BCUT2D eigenvalue weighted by atomic mass is 79.9. The van der Waals surface area contributed by atoms with E-state index in [9.17, 15) is 0 Å². The molecular formula is C15H22BrN3O. The normalized spacial score (nSPS) is 23.7. The van der Waals surface area contributed by atoms with Crippen molar-refractivity contribution in [2.24, 2.45) is 0 Å². The minimum atomic E-state index is 0.271. The molecule has 1 N–H and O–H groups in total. The molecule has 0 bridgehead atoms. The standard InChI is InChI=1S/C15H22BrN3O/c1-11-10-19(5-2-6-20-11)15-12(7-13(16)9-18-15)8-17-14-3-4-14/h7,9,11,14,17H,2-6,8,10H2,1H3. The topological polar surface area (TPSA) is 37.4 Å². The van der Waals surface area contributed by atoms with Crippen molar-refractivity contribution in [1.82, 2.24) is 10.3 Å². The number of rotatable bonds is 4. The molecule has 1 unspecified atom stereocenters. The largest absolute Gasteiger partial charge is 0.377 e. The molecule has 1 aliphatic carbocycles. The van der Waals surface area contributed by atoms with Gasteiger partial charge in [0, 0.05) is 48.5 Å². The van der Waals surface area contributed by atoms with Crippen molar-refractivity contribution < 1.29 is 4.74 Å². The van der Waals surface area contributed by atoms with Crippen LogP contribution in [0, 0.1) is 0 Å². The summed E-state index contributed by atoms with van der Waals surface area (Å²) in [4.78, 5) is 7.03. The first-order valence-corrected chi connectivity index (χ1v) is 8.26. The Balaban J connectivity index is 1.78. The van der Waals surface area contributed by atoms with Crippen molar-refractivity contribution in [3.63, 3.8) is 0 Å². The molecule has 0 radical (unpaired) electrons. The van der Waals surface area contributed by atoms with Crippen molar-refractivity contribution in [3.8, 4) is 0 Å². The van der Waals surface area contributed by atoms with Crippen molar-refractivity contribution in [2.45, 2.75) is 44.9 Å². The van der Waals surface area contributed by atoms with Crippen LogP contribution in [0.4, 0.5) is 5.82 Å². The minimum absolute atomic E-state index is 0.271. The maximum atomic E-state index is 5.73. The molecule has 1 aliphatic heterocycles. The Bertz CT molecular complexity index is 464. The highest BCUT2D eigenvalue weighted by Crippen LogP contribution is 2.25. The third-order valence-corrected chi connectivity index (χ3v) is 4.25. The minimum Gasteiger partial charge on any atom is -0.377 e. The van der Waals surface area contributed by atoms with Gasteiger partial charge in [-0.2, -0.15) is 0 Å². The summed E-state index contributed by atoms with van der Waals surface area (Å²) in [7, 11) is 0. The average molecular weight is 340 g/mol. The van der Waals surface area contributed by atoms with Gasteiger partial charge in [0.1, 0.15) is 5.82 Å². The van der Waals surface area contributed by atoms with Crippen LogP contribution in [0.2, 0.25) is 0 Å². The van der Waals surface area contributed by atoms with Gasteiger partial charge in [-0.1, -0.05) is 0 Å². The lowest BCUT2D eigenvalue weighted by Crippen LogP contribution is -2.32. The Morgan fingerprint density at radius 3 is 3.15 bits per heavy atom. The van der Waals surface area contributed by atoms with Crippen LogP contribution in [0.25, 0.3) is 0 Å². The number of hydrogen-bond acceptors (Lipinski definition) is 4. The van der Waals surface area contributed by atoms with Gasteiger partial charge in [0.15, 0.2) is 0 Å². The van der Waals surface area contributed by atoms with Gasteiger partial charge >= 0.3 is 0 Å². The van der Waals surface area contributed by atoms with Crippen LogP contribution in [0.3, 0.4) is 0 Å². The molecule has 1 atom stereocenters. The van der Waals surface area contributed by atoms with Gasteiger partial charge in [-0.15, -0.1) is 0 Å². The molecule has 1 aromatic heterocycles. The lowest BCUT2D eigenvalue weighted by Gasteiger charge is -2.25. The maximum absolute atomic E-state index is 5.73. The van der Waals surface area contributed by atoms with E-state index in [0.717, 1.165) is 43.0 Å². The molecule has 0 aromatic carbocycles. The second-order valence-corrected chi connectivity index (χ2v) is 6.69.